The Morgan fingerprint density at radius 3 is 2.49 bits per heavy atom. The van der Waals surface area contributed by atoms with Gasteiger partial charge in [-0.15, -0.1) is 0 Å². The molecular weight excluding hydrogens is 475 g/mol. The molecule has 0 spiro atoms. The zero-order valence-electron chi connectivity index (χ0n) is 20.8. The molecule has 5 aromatic rings. The van der Waals surface area contributed by atoms with Gasteiger partial charge < -0.3 is 5.73 Å². The van der Waals surface area contributed by atoms with Crippen LogP contribution < -0.4 is 5.73 Å². The predicted octanol–water partition coefficient (Wildman–Crippen LogP) is 3.28. The number of benzene rings is 2. The third kappa shape index (κ3) is 4.14. The minimum absolute atomic E-state index is 0.147. The van der Waals surface area contributed by atoms with E-state index in [0.29, 0.717) is 33.2 Å². The molecule has 2 aromatic carbocycles. The summed E-state index contributed by atoms with van der Waals surface area (Å²) in [5.41, 5.74) is 9.40. The standard InChI is InChI=1S/C26H25FN8O2/c1-15(36)34(4)35(14-18-6-5-16(12-21(18)27)23-9-10-29-32(23)2)26(37)17-7-8-22-19(11-17)24-20(25(28)31-22)13-30-33(24)3/h5-13H,14H2,1-4H3,(H2,28,31). The van der Waals surface area contributed by atoms with Gasteiger partial charge in [0, 0.05) is 56.3 Å². The summed E-state index contributed by atoms with van der Waals surface area (Å²) in [5.74, 6) is -0.993. The number of amides is 2. The lowest BCUT2D eigenvalue weighted by molar-refractivity contribution is -0.140. The first kappa shape index (κ1) is 23.9. The normalized spacial score (nSPS) is 11.3. The van der Waals surface area contributed by atoms with E-state index in [1.807, 2.05) is 0 Å². The second kappa shape index (κ2) is 9.01. The van der Waals surface area contributed by atoms with Crippen molar-refractivity contribution in [3.05, 3.63) is 71.8 Å². The van der Waals surface area contributed by atoms with Crippen LogP contribution in [-0.4, -0.2) is 53.4 Å². The van der Waals surface area contributed by atoms with Gasteiger partial charge in [0.2, 0.25) is 5.91 Å². The van der Waals surface area contributed by atoms with Crippen molar-refractivity contribution in [3.8, 4) is 11.3 Å². The number of hydrogen-bond donors (Lipinski definition) is 1. The van der Waals surface area contributed by atoms with Gasteiger partial charge in [0.1, 0.15) is 11.6 Å². The van der Waals surface area contributed by atoms with Gasteiger partial charge in [-0.3, -0.25) is 24.0 Å². The zero-order chi connectivity index (χ0) is 26.4. The van der Waals surface area contributed by atoms with Crippen molar-refractivity contribution < 1.29 is 14.0 Å². The summed E-state index contributed by atoms with van der Waals surface area (Å²) in [6, 6.07) is 11.6. The van der Waals surface area contributed by atoms with Crippen LogP contribution in [0.4, 0.5) is 10.2 Å². The highest BCUT2D eigenvalue weighted by Crippen LogP contribution is 2.29. The highest BCUT2D eigenvalue weighted by Gasteiger charge is 2.25. The number of nitrogen functional groups attached to an aromatic ring is 1. The Kier molecular flexibility index (Phi) is 5.82. The van der Waals surface area contributed by atoms with E-state index in [2.05, 4.69) is 15.2 Å². The van der Waals surface area contributed by atoms with Gasteiger partial charge in [-0.2, -0.15) is 10.2 Å². The fraction of sp³-hybridized carbons (Fsp3) is 0.192. The average Bonchev–Trinajstić information content (AvgIpc) is 3.48. The Labute approximate surface area is 211 Å². The summed E-state index contributed by atoms with van der Waals surface area (Å²) < 4.78 is 18.5. The molecule has 0 aliphatic heterocycles. The van der Waals surface area contributed by atoms with Crippen LogP contribution in [0.25, 0.3) is 33.1 Å². The van der Waals surface area contributed by atoms with Gasteiger partial charge >= 0.3 is 0 Å². The summed E-state index contributed by atoms with van der Waals surface area (Å²) in [5, 5.41) is 12.1. The van der Waals surface area contributed by atoms with Crippen molar-refractivity contribution in [2.24, 2.45) is 14.1 Å². The maximum atomic E-state index is 15.2. The second-order valence-electron chi connectivity index (χ2n) is 8.81. The molecule has 5 rings (SSSR count). The van der Waals surface area contributed by atoms with E-state index < -0.39 is 11.7 Å². The Bertz CT molecular complexity index is 1690. The Balaban J connectivity index is 1.54. The second-order valence-corrected chi connectivity index (χ2v) is 8.81. The summed E-state index contributed by atoms with van der Waals surface area (Å²) >= 11 is 0. The van der Waals surface area contributed by atoms with Gasteiger partial charge in [0.15, 0.2) is 0 Å². The van der Waals surface area contributed by atoms with Crippen LogP contribution in [-0.2, 0) is 25.4 Å². The Morgan fingerprint density at radius 2 is 1.81 bits per heavy atom. The largest absolute Gasteiger partial charge is 0.383 e. The van der Waals surface area contributed by atoms with E-state index >= 15 is 4.39 Å². The number of pyridine rings is 1. The van der Waals surface area contributed by atoms with E-state index in [9.17, 15) is 9.59 Å². The van der Waals surface area contributed by atoms with Gasteiger partial charge in [0.25, 0.3) is 5.91 Å². The number of nitrogens with two attached hydrogens (primary N) is 1. The Morgan fingerprint density at radius 1 is 1.03 bits per heavy atom. The molecule has 0 aliphatic rings. The first-order valence-corrected chi connectivity index (χ1v) is 11.5. The molecule has 2 amide bonds. The molecule has 0 unspecified atom stereocenters. The summed E-state index contributed by atoms with van der Waals surface area (Å²) in [6.45, 7) is 1.19. The molecule has 37 heavy (non-hydrogen) atoms. The third-order valence-electron chi connectivity index (χ3n) is 6.50. The van der Waals surface area contributed by atoms with Gasteiger partial charge in [0.05, 0.1) is 34.9 Å². The number of hydrogen-bond acceptors (Lipinski definition) is 6. The van der Waals surface area contributed by atoms with Crippen LogP contribution in [0.1, 0.15) is 22.8 Å². The number of carbonyl (C=O) groups is 2. The number of halogens is 1. The number of aryl methyl sites for hydroxylation is 2. The van der Waals surface area contributed by atoms with Crippen LogP contribution in [0.3, 0.4) is 0 Å². The van der Waals surface area contributed by atoms with Crippen molar-refractivity contribution in [2.75, 3.05) is 12.8 Å². The zero-order valence-corrected chi connectivity index (χ0v) is 20.8. The molecule has 10 nitrogen and oxygen atoms in total. The van der Waals surface area contributed by atoms with Crippen molar-refractivity contribution in [1.82, 2.24) is 34.6 Å². The van der Waals surface area contributed by atoms with Gasteiger partial charge in [-0.1, -0.05) is 12.1 Å². The highest BCUT2D eigenvalue weighted by atomic mass is 19.1. The third-order valence-corrected chi connectivity index (χ3v) is 6.50. The number of rotatable bonds is 4. The topological polar surface area (TPSA) is 115 Å². The lowest BCUT2D eigenvalue weighted by Crippen LogP contribution is -2.46. The van der Waals surface area contributed by atoms with Crippen molar-refractivity contribution in [2.45, 2.75) is 13.5 Å². The van der Waals surface area contributed by atoms with Crippen LogP contribution in [0, 0.1) is 5.82 Å². The predicted molar refractivity (Wildman–Crippen MR) is 137 cm³/mol. The smallest absolute Gasteiger partial charge is 0.272 e. The monoisotopic (exact) mass is 500 g/mol. The van der Waals surface area contributed by atoms with Crippen LogP contribution >= 0.6 is 0 Å². The number of carbonyl (C=O) groups excluding carboxylic acids is 2. The number of nitrogens with zero attached hydrogens (tertiary/aromatic N) is 7. The maximum absolute atomic E-state index is 15.2. The number of anilines is 1. The van der Waals surface area contributed by atoms with Crippen molar-refractivity contribution >= 4 is 39.4 Å². The van der Waals surface area contributed by atoms with E-state index in [4.69, 9.17) is 5.73 Å². The summed E-state index contributed by atoms with van der Waals surface area (Å²) in [6.07, 6.45) is 3.26. The molecule has 0 fully saturated rings. The van der Waals surface area contributed by atoms with Crippen LogP contribution in [0.5, 0.6) is 0 Å². The molecule has 11 heteroatoms. The van der Waals surface area contributed by atoms with Crippen LogP contribution in [0.2, 0.25) is 0 Å². The van der Waals surface area contributed by atoms with Gasteiger partial charge in [-0.25, -0.2) is 14.4 Å². The number of hydrazine groups is 1. The van der Waals surface area contributed by atoms with E-state index in [1.54, 1.807) is 72.3 Å². The fourth-order valence-corrected chi connectivity index (χ4v) is 4.38. The van der Waals surface area contributed by atoms with Crippen molar-refractivity contribution in [3.63, 3.8) is 0 Å². The summed E-state index contributed by atoms with van der Waals surface area (Å²) in [7, 11) is 5.03. The molecule has 0 atom stereocenters. The summed E-state index contributed by atoms with van der Waals surface area (Å²) in [4.78, 5) is 30.4. The van der Waals surface area contributed by atoms with Crippen molar-refractivity contribution in [1.29, 1.82) is 0 Å². The number of aromatic nitrogens is 5. The highest BCUT2D eigenvalue weighted by molar-refractivity contribution is 6.10. The molecule has 3 aromatic heterocycles. The minimum atomic E-state index is -0.497. The fourth-order valence-electron chi connectivity index (χ4n) is 4.38. The quantitative estimate of drug-likeness (QED) is 0.379. The van der Waals surface area contributed by atoms with E-state index in [1.165, 1.54) is 30.1 Å². The van der Waals surface area contributed by atoms with Gasteiger partial charge in [-0.05, 0) is 30.3 Å². The van der Waals surface area contributed by atoms with Crippen LogP contribution in [0.15, 0.2) is 54.9 Å². The molecule has 0 bridgehead atoms. The minimum Gasteiger partial charge on any atom is -0.383 e. The number of fused-ring (bicyclic) bond motifs is 3. The van der Waals surface area contributed by atoms with E-state index in [-0.39, 0.29) is 18.0 Å². The van der Waals surface area contributed by atoms with E-state index in [0.717, 1.165) is 11.2 Å². The first-order valence-electron chi connectivity index (χ1n) is 11.5. The maximum Gasteiger partial charge on any atom is 0.272 e. The average molecular weight is 501 g/mol. The molecule has 0 saturated carbocycles. The molecule has 3 heterocycles. The molecule has 188 valence electrons. The SMILES string of the molecule is CC(=O)N(C)N(Cc1ccc(-c2ccnn2C)cc1F)C(=O)c1ccc2nc(N)c3cnn(C)c3c2c1. The Hall–Kier alpha value is -4.80. The molecule has 0 saturated heterocycles. The first-order chi connectivity index (χ1) is 17.7. The molecular formula is C26H25FN8O2. The lowest BCUT2D eigenvalue weighted by atomic mass is 10.1. The molecule has 2 N–H and O–H groups in total. The lowest BCUT2D eigenvalue weighted by Gasteiger charge is -2.31. The molecule has 0 radical (unpaired) electrons. The molecule has 0 aliphatic carbocycles.